The van der Waals surface area contributed by atoms with Crippen molar-refractivity contribution in [2.45, 2.75) is 39.2 Å². The molecule has 0 bridgehead atoms. The summed E-state index contributed by atoms with van der Waals surface area (Å²) >= 11 is 3.54. The van der Waals surface area contributed by atoms with Crippen LogP contribution in [0.4, 0.5) is 0 Å². The van der Waals surface area contributed by atoms with E-state index in [4.69, 9.17) is 9.72 Å². The van der Waals surface area contributed by atoms with Crippen LogP contribution in [0.15, 0.2) is 77.3 Å². The third-order valence-corrected chi connectivity index (χ3v) is 6.61. The standard InChI is InChI=1S/C29H29BrN2O2/c1-5-26(20-8-6-19(7-9-20)18(2)3)32-29(33)25-17-28(21-10-13-23(34-4)14-11-21)31-27-15-12-22(30)16-24(25)27/h6-18,26H,5H2,1-4H3,(H,32,33)/t26-/m1/s1. The molecule has 3 aromatic carbocycles. The van der Waals surface area contributed by atoms with Crippen LogP contribution in [0.1, 0.15) is 60.6 Å². The monoisotopic (exact) mass is 516 g/mol. The van der Waals surface area contributed by atoms with Gasteiger partial charge in [0.2, 0.25) is 0 Å². The molecule has 1 atom stereocenters. The summed E-state index contributed by atoms with van der Waals surface area (Å²) in [4.78, 5) is 18.4. The number of pyridine rings is 1. The molecule has 34 heavy (non-hydrogen) atoms. The second-order valence-corrected chi connectivity index (χ2v) is 9.62. The van der Waals surface area contributed by atoms with E-state index in [0.29, 0.717) is 11.5 Å². The zero-order valence-electron chi connectivity index (χ0n) is 19.9. The molecule has 1 amide bonds. The Morgan fingerprint density at radius 1 is 0.971 bits per heavy atom. The van der Waals surface area contributed by atoms with Gasteiger partial charge in [0.15, 0.2) is 0 Å². The lowest BCUT2D eigenvalue weighted by Gasteiger charge is -2.19. The summed E-state index contributed by atoms with van der Waals surface area (Å²) in [6.07, 6.45) is 0.796. The number of halogens is 1. The highest BCUT2D eigenvalue weighted by Gasteiger charge is 2.19. The number of benzene rings is 3. The number of fused-ring (bicyclic) bond motifs is 1. The Balaban J connectivity index is 1.72. The van der Waals surface area contributed by atoms with Crippen LogP contribution >= 0.6 is 15.9 Å². The fourth-order valence-corrected chi connectivity index (χ4v) is 4.43. The fraction of sp³-hybridized carbons (Fsp3) is 0.241. The zero-order valence-corrected chi connectivity index (χ0v) is 21.5. The molecule has 0 aliphatic heterocycles. The number of nitrogens with zero attached hydrogens (tertiary/aromatic N) is 1. The van der Waals surface area contributed by atoms with Gasteiger partial charge in [-0.15, -0.1) is 0 Å². The van der Waals surface area contributed by atoms with Crippen LogP contribution in [-0.4, -0.2) is 18.0 Å². The van der Waals surface area contributed by atoms with Crippen molar-refractivity contribution in [3.05, 3.63) is 94.0 Å². The van der Waals surface area contributed by atoms with Crippen molar-refractivity contribution in [3.8, 4) is 17.0 Å². The summed E-state index contributed by atoms with van der Waals surface area (Å²) in [6.45, 7) is 6.45. The highest BCUT2D eigenvalue weighted by Crippen LogP contribution is 2.29. The third kappa shape index (κ3) is 5.15. The van der Waals surface area contributed by atoms with Crippen LogP contribution in [-0.2, 0) is 0 Å². The number of aromatic nitrogens is 1. The summed E-state index contributed by atoms with van der Waals surface area (Å²) in [7, 11) is 1.64. The lowest BCUT2D eigenvalue weighted by atomic mass is 9.97. The Morgan fingerprint density at radius 3 is 2.26 bits per heavy atom. The minimum atomic E-state index is -0.111. The molecule has 0 unspecified atom stereocenters. The van der Waals surface area contributed by atoms with Gasteiger partial charge in [-0.05, 0) is 72.0 Å². The maximum absolute atomic E-state index is 13.6. The number of methoxy groups -OCH3 is 1. The molecule has 1 heterocycles. The highest BCUT2D eigenvalue weighted by atomic mass is 79.9. The van der Waals surface area contributed by atoms with Crippen molar-refractivity contribution < 1.29 is 9.53 Å². The zero-order chi connectivity index (χ0) is 24.2. The number of ether oxygens (including phenoxy) is 1. The molecule has 0 spiro atoms. The van der Waals surface area contributed by atoms with Gasteiger partial charge >= 0.3 is 0 Å². The van der Waals surface area contributed by atoms with Gasteiger partial charge in [-0.2, -0.15) is 0 Å². The summed E-state index contributed by atoms with van der Waals surface area (Å²) in [5.41, 5.74) is 5.45. The molecule has 5 heteroatoms. The predicted octanol–water partition coefficient (Wildman–Crippen LogP) is 7.68. The molecule has 0 aliphatic rings. The van der Waals surface area contributed by atoms with E-state index >= 15 is 0 Å². The Labute approximate surface area is 209 Å². The molecule has 174 valence electrons. The number of carbonyl (C=O) groups excluding carboxylic acids is 1. The van der Waals surface area contributed by atoms with Crippen LogP contribution in [0.2, 0.25) is 0 Å². The van der Waals surface area contributed by atoms with E-state index in [1.165, 1.54) is 5.56 Å². The molecule has 4 rings (SSSR count). The number of carbonyl (C=O) groups is 1. The molecular weight excluding hydrogens is 488 g/mol. The van der Waals surface area contributed by atoms with Crippen LogP contribution in [0.25, 0.3) is 22.2 Å². The molecule has 4 nitrogen and oxygen atoms in total. The van der Waals surface area contributed by atoms with Gasteiger partial charge in [-0.3, -0.25) is 4.79 Å². The average Bonchev–Trinajstić information content (AvgIpc) is 2.86. The average molecular weight is 517 g/mol. The van der Waals surface area contributed by atoms with Gasteiger partial charge in [0, 0.05) is 15.4 Å². The first-order valence-corrected chi connectivity index (χ1v) is 12.3. The van der Waals surface area contributed by atoms with E-state index in [0.717, 1.165) is 44.4 Å². The third-order valence-electron chi connectivity index (χ3n) is 6.12. The molecule has 0 aliphatic carbocycles. The Morgan fingerprint density at radius 2 is 1.65 bits per heavy atom. The normalized spacial score (nSPS) is 12.1. The van der Waals surface area contributed by atoms with Crippen molar-refractivity contribution >= 4 is 32.7 Å². The topological polar surface area (TPSA) is 51.2 Å². The summed E-state index contributed by atoms with van der Waals surface area (Å²) in [5, 5.41) is 4.07. The molecule has 0 saturated heterocycles. The van der Waals surface area contributed by atoms with Crippen molar-refractivity contribution in [1.29, 1.82) is 0 Å². The van der Waals surface area contributed by atoms with Crippen LogP contribution < -0.4 is 10.1 Å². The lowest BCUT2D eigenvalue weighted by Crippen LogP contribution is -2.28. The quantitative estimate of drug-likeness (QED) is 0.274. The first-order valence-electron chi connectivity index (χ1n) is 11.5. The number of hydrogen-bond acceptors (Lipinski definition) is 3. The van der Waals surface area contributed by atoms with E-state index < -0.39 is 0 Å². The Bertz CT molecular complexity index is 1300. The number of amides is 1. The van der Waals surface area contributed by atoms with Gasteiger partial charge in [-0.1, -0.05) is 61.0 Å². The number of hydrogen-bond donors (Lipinski definition) is 1. The van der Waals surface area contributed by atoms with E-state index in [9.17, 15) is 4.79 Å². The van der Waals surface area contributed by atoms with E-state index in [1.54, 1.807) is 7.11 Å². The van der Waals surface area contributed by atoms with Gasteiger partial charge < -0.3 is 10.1 Å². The molecule has 4 aromatic rings. The second kappa shape index (κ2) is 10.4. The molecule has 1 aromatic heterocycles. The van der Waals surface area contributed by atoms with E-state index in [-0.39, 0.29) is 11.9 Å². The van der Waals surface area contributed by atoms with Gasteiger partial charge in [0.25, 0.3) is 5.91 Å². The highest BCUT2D eigenvalue weighted by molar-refractivity contribution is 9.10. The van der Waals surface area contributed by atoms with Crippen molar-refractivity contribution in [1.82, 2.24) is 10.3 Å². The van der Waals surface area contributed by atoms with Gasteiger partial charge in [-0.25, -0.2) is 4.98 Å². The first-order chi connectivity index (χ1) is 16.4. The summed E-state index contributed by atoms with van der Waals surface area (Å²) < 4.78 is 6.19. The van der Waals surface area contributed by atoms with E-state index in [2.05, 4.69) is 66.3 Å². The fourth-order valence-electron chi connectivity index (χ4n) is 4.07. The SMILES string of the molecule is CC[C@@H](NC(=O)c1cc(-c2ccc(OC)cc2)nc2ccc(Br)cc12)c1ccc(C(C)C)cc1. The Hall–Kier alpha value is -3.18. The number of nitrogens with one attached hydrogen (secondary N) is 1. The minimum Gasteiger partial charge on any atom is -0.497 e. The first kappa shape index (κ1) is 24.0. The van der Waals surface area contributed by atoms with Crippen molar-refractivity contribution in [2.75, 3.05) is 7.11 Å². The second-order valence-electron chi connectivity index (χ2n) is 8.70. The minimum absolute atomic E-state index is 0.0754. The maximum atomic E-state index is 13.6. The maximum Gasteiger partial charge on any atom is 0.252 e. The molecule has 0 radical (unpaired) electrons. The summed E-state index contributed by atoms with van der Waals surface area (Å²) in [6, 6.07) is 23.9. The Kier molecular flexibility index (Phi) is 7.32. The van der Waals surface area contributed by atoms with Crippen molar-refractivity contribution in [3.63, 3.8) is 0 Å². The van der Waals surface area contributed by atoms with Crippen molar-refractivity contribution in [2.24, 2.45) is 0 Å². The van der Waals surface area contributed by atoms with Crippen LogP contribution in [0.5, 0.6) is 5.75 Å². The summed E-state index contributed by atoms with van der Waals surface area (Å²) in [5.74, 6) is 1.14. The molecule has 0 fully saturated rings. The largest absolute Gasteiger partial charge is 0.497 e. The predicted molar refractivity (Wildman–Crippen MR) is 142 cm³/mol. The van der Waals surface area contributed by atoms with Gasteiger partial charge in [0.05, 0.1) is 29.9 Å². The van der Waals surface area contributed by atoms with Gasteiger partial charge in [0.1, 0.15) is 5.75 Å². The van der Waals surface area contributed by atoms with E-state index in [1.807, 2.05) is 48.5 Å². The number of rotatable bonds is 7. The van der Waals surface area contributed by atoms with Crippen LogP contribution in [0.3, 0.4) is 0 Å². The molecular formula is C29H29BrN2O2. The smallest absolute Gasteiger partial charge is 0.252 e. The molecule has 1 N–H and O–H groups in total. The van der Waals surface area contributed by atoms with Crippen LogP contribution in [0, 0.1) is 0 Å². The lowest BCUT2D eigenvalue weighted by molar-refractivity contribution is 0.0937. The molecule has 0 saturated carbocycles.